The van der Waals surface area contributed by atoms with Gasteiger partial charge in [-0.3, -0.25) is 9.59 Å². The SMILES string of the molecule is CCCCS(=O)(=O)NC(Cc1ccc(OCC2CN(N3CCC(C(=O)OC(C)(C)C)CC3)C(=O)O2)cc1)C(=O)O. The summed E-state index contributed by atoms with van der Waals surface area (Å²) in [6, 6.07) is 5.40. The Balaban J connectivity index is 1.46. The molecule has 0 aromatic heterocycles. The second-order valence-electron chi connectivity index (χ2n) is 11.2. The Hall–Kier alpha value is -2.90. The molecule has 2 unspecified atom stereocenters. The number of rotatable bonds is 13. The van der Waals surface area contributed by atoms with Crippen LogP contribution in [0.3, 0.4) is 0 Å². The minimum absolute atomic E-state index is 0.0131. The monoisotopic (exact) mass is 583 g/mol. The van der Waals surface area contributed by atoms with Gasteiger partial charge in [-0.2, -0.15) is 0 Å². The number of aliphatic carboxylic acids is 1. The van der Waals surface area contributed by atoms with E-state index in [2.05, 4.69) is 4.72 Å². The molecule has 13 heteroatoms. The highest BCUT2D eigenvalue weighted by atomic mass is 32.2. The average molecular weight is 584 g/mol. The zero-order valence-electron chi connectivity index (χ0n) is 23.6. The predicted octanol–water partition coefficient (Wildman–Crippen LogP) is 2.57. The van der Waals surface area contributed by atoms with Crippen LogP contribution in [0.25, 0.3) is 0 Å². The molecule has 224 valence electrons. The fourth-order valence-electron chi connectivity index (χ4n) is 4.49. The lowest BCUT2D eigenvalue weighted by Gasteiger charge is -2.36. The molecule has 2 atom stereocenters. The molecule has 2 saturated heterocycles. The summed E-state index contributed by atoms with van der Waals surface area (Å²) in [7, 11) is -3.69. The van der Waals surface area contributed by atoms with Crippen molar-refractivity contribution in [2.45, 2.75) is 77.5 Å². The Bertz CT molecular complexity index is 1130. The van der Waals surface area contributed by atoms with Crippen molar-refractivity contribution in [2.24, 2.45) is 5.92 Å². The van der Waals surface area contributed by atoms with Gasteiger partial charge in [-0.15, -0.1) is 0 Å². The summed E-state index contributed by atoms with van der Waals surface area (Å²) < 4.78 is 43.3. The molecule has 0 radical (unpaired) electrons. The molecule has 40 heavy (non-hydrogen) atoms. The molecule has 2 fully saturated rings. The number of hydrogen-bond donors (Lipinski definition) is 2. The molecule has 2 aliphatic heterocycles. The fourth-order valence-corrected chi connectivity index (χ4v) is 5.89. The minimum atomic E-state index is -3.69. The fraction of sp³-hybridized carbons (Fsp3) is 0.667. The molecule has 12 nitrogen and oxygen atoms in total. The molecule has 1 amide bonds. The molecule has 0 spiro atoms. The molecule has 0 saturated carbocycles. The molecule has 1 aromatic carbocycles. The second kappa shape index (κ2) is 13.6. The van der Waals surface area contributed by atoms with E-state index in [0.29, 0.717) is 56.6 Å². The van der Waals surface area contributed by atoms with Crippen molar-refractivity contribution in [3.8, 4) is 5.75 Å². The maximum absolute atomic E-state index is 12.5. The summed E-state index contributed by atoms with van der Waals surface area (Å²) in [4.78, 5) is 36.4. The van der Waals surface area contributed by atoms with Crippen molar-refractivity contribution in [1.82, 2.24) is 14.7 Å². The maximum atomic E-state index is 12.5. The van der Waals surface area contributed by atoms with Gasteiger partial charge in [0.25, 0.3) is 0 Å². The van der Waals surface area contributed by atoms with Crippen LogP contribution in [0.4, 0.5) is 4.79 Å². The first-order chi connectivity index (χ1) is 18.8. The van der Waals surface area contributed by atoms with Crippen LogP contribution >= 0.6 is 0 Å². The number of nitrogens with zero attached hydrogens (tertiary/aromatic N) is 2. The van der Waals surface area contributed by atoms with Crippen LogP contribution in [0.5, 0.6) is 5.75 Å². The third-order valence-electron chi connectivity index (χ3n) is 6.59. The van der Waals surface area contributed by atoms with Gasteiger partial charge in [-0.1, -0.05) is 25.5 Å². The average Bonchev–Trinajstić information content (AvgIpc) is 3.26. The van der Waals surface area contributed by atoms with Gasteiger partial charge in [-0.25, -0.2) is 28.0 Å². The number of esters is 1. The minimum Gasteiger partial charge on any atom is -0.490 e. The first-order valence-electron chi connectivity index (χ1n) is 13.7. The number of sulfonamides is 1. The number of nitrogens with one attached hydrogen (secondary N) is 1. The van der Waals surface area contributed by atoms with E-state index in [1.54, 1.807) is 29.3 Å². The summed E-state index contributed by atoms with van der Waals surface area (Å²) in [6.07, 6.45) is 1.37. The Morgan fingerprint density at radius 2 is 1.82 bits per heavy atom. The van der Waals surface area contributed by atoms with Crippen LogP contribution in [-0.2, 0) is 35.5 Å². The van der Waals surface area contributed by atoms with Gasteiger partial charge in [0.05, 0.1) is 18.2 Å². The van der Waals surface area contributed by atoms with Gasteiger partial charge >= 0.3 is 18.0 Å². The van der Waals surface area contributed by atoms with E-state index in [4.69, 9.17) is 14.2 Å². The van der Waals surface area contributed by atoms with E-state index in [9.17, 15) is 27.9 Å². The van der Waals surface area contributed by atoms with Crippen LogP contribution in [0.2, 0.25) is 0 Å². The lowest BCUT2D eigenvalue weighted by atomic mass is 9.97. The third kappa shape index (κ3) is 9.63. The number of piperidine rings is 1. The Kier molecular flexibility index (Phi) is 10.8. The van der Waals surface area contributed by atoms with Crippen LogP contribution in [0, 0.1) is 5.92 Å². The van der Waals surface area contributed by atoms with Crippen molar-refractivity contribution < 1.29 is 42.1 Å². The number of carboxylic acids is 1. The molecule has 0 bridgehead atoms. The van der Waals surface area contributed by atoms with Gasteiger partial charge in [0.1, 0.15) is 24.0 Å². The zero-order valence-corrected chi connectivity index (χ0v) is 24.4. The van der Waals surface area contributed by atoms with E-state index < -0.39 is 39.8 Å². The van der Waals surface area contributed by atoms with Crippen molar-refractivity contribution in [1.29, 1.82) is 0 Å². The maximum Gasteiger partial charge on any atom is 0.425 e. The summed E-state index contributed by atoms with van der Waals surface area (Å²) >= 11 is 0. The highest BCUT2D eigenvalue weighted by Crippen LogP contribution is 2.25. The smallest absolute Gasteiger partial charge is 0.425 e. The van der Waals surface area contributed by atoms with Gasteiger partial charge in [0, 0.05) is 13.1 Å². The predicted molar refractivity (Wildman–Crippen MR) is 146 cm³/mol. The summed E-state index contributed by atoms with van der Waals surface area (Å²) in [5, 5.41) is 12.9. The molecular weight excluding hydrogens is 542 g/mol. The Morgan fingerprint density at radius 1 is 1.18 bits per heavy atom. The highest BCUT2D eigenvalue weighted by Gasteiger charge is 2.38. The lowest BCUT2D eigenvalue weighted by molar-refractivity contribution is -0.162. The number of benzene rings is 1. The summed E-state index contributed by atoms with van der Waals surface area (Å²) in [5.74, 6) is -1.26. The number of hydrazine groups is 1. The van der Waals surface area contributed by atoms with E-state index in [-0.39, 0.29) is 30.7 Å². The Labute approximate surface area is 236 Å². The number of cyclic esters (lactones) is 1. The van der Waals surface area contributed by atoms with Crippen molar-refractivity contribution in [3.05, 3.63) is 29.8 Å². The largest absolute Gasteiger partial charge is 0.490 e. The molecule has 2 heterocycles. The highest BCUT2D eigenvalue weighted by molar-refractivity contribution is 7.89. The third-order valence-corrected chi connectivity index (χ3v) is 8.06. The van der Waals surface area contributed by atoms with Crippen LogP contribution < -0.4 is 9.46 Å². The van der Waals surface area contributed by atoms with Crippen molar-refractivity contribution >= 4 is 28.1 Å². The van der Waals surface area contributed by atoms with Crippen molar-refractivity contribution in [3.63, 3.8) is 0 Å². The van der Waals surface area contributed by atoms with Gasteiger partial charge in [0.15, 0.2) is 6.10 Å². The molecule has 3 rings (SSSR count). The van der Waals surface area contributed by atoms with Crippen molar-refractivity contribution in [2.75, 3.05) is 32.0 Å². The second-order valence-corrected chi connectivity index (χ2v) is 13.1. The molecule has 1 aromatic rings. The zero-order chi connectivity index (χ0) is 29.5. The van der Waals surface area contributed by atoms with Gasteiger partial charge in [0.2, 0.25) is 10.0 Å². The van der Waals surface area contributed by atoms with Gasteiger partial charge in [-0.05, 0) is 64.2 Å². The summed E-state index contributed by atoms with van der Waals surface area (Å²) in [5.41, 5.74) is 0.0987. The van der Waals surface area contributed by atoms with E-state index >= 15 is 0 Å². The lowest BCUT2D eigenvalue weighted by Crippen LogP contribution is -2.49. The first kappa shape index (κ1) is 31.6. The number of amides is 1. The van der Waals surface area contributed by atoms with E-state index in [0.717, 1.165) is 0 Å². The van der Waals surface area contributed by atoms with E-state index in [1.807, 2.05) is 32.7 Å². The summed E-state index contributed by atoms with van der Waals surface area (Å²) in [6.45, 7) is 8.92. The van der Waals surface area contributed by atoms with E-state index in [1.165, 1.54) is 0 Å². The molecule has 0 aliphatic carbocycles. The number of ether oxygens (including phenoxy) is 3. The normalized spacial score (nSPS) is 19.8. The number of hydrogen-bond acceptors (Lipinski definition) is 9. The van der Waals surface area contributed by atoms with Crippen LogP contribution in [-0.4, -0.2) is 91.3 Å². The van der Waals surface area contributed by atoms with Crippen LogP contribution in [0.15, 0.2) is 24.3 Å². The number of carboxylic acid groups (broad SMARTS) is 1. The molecule has 2 aliphatic rings. The topological polar surface area (TPSA) is 152 Å². The Morgan fingerprint density at radius 3 is 2.40 bits per heavy atom. The number of carbonyl (C=O) groups excluding carboxylic acids is 2. The number of unbranched alkanes of at least 4 members (excludes halogenated alkanes) is 1. The number of carbonyl (C=O) groups is 3. The van der Waals surface area contributed by atoms with Crippen LogP contribution in [0.1, 0.15) is 58.9 Å². The molecule has 2 N–H and O–H groups in total. The van der Waals surface area contributed by atoms with Gasteiger partial charge < -0.3 is 19.3 Å². The quantitative estimate of drug-likeness (QED) is 0.332. The first-order valence-corrected chi connectivity index (χ1v) is 15.3. The molecular formula is C27H41N3O9S. The standard InChI is InChI=1S/C27H41N3O9S/c1-5-6-15-40(35,36)28-23(24(31)32)16-19-7-9-21(10-8-19)37-18-22-17-30(26(34)38-22)29-13-11-20(12-14-29)25(33)39-27(2,3)4/h7-10,20,22-23,28H,5-6,11-18H2,1-4H3,(H,31,32).